The van der Waals surface area contributed by atoms with E-state index in [4.69, 9.17) is 23.2 Å². The average Bonchev–Trinajstić information content (AvgIpc) is 2.57. The van der Waals surface area contributed by atoms with E-state index >= 15 is 0 Å². The molecule has 0 aromatic carbocycles. The molecule has 1 aromatic heterocycles. The highest BCUT2D eigenvalue weighted by atomic mass is 35.5. The van der Waals surface area contributed by atoms with Crippen molar-refractivity contribution in [3.63, 3.8) is 0 Å². The lowest BCUT2D eigenvalue weighted by Crippen LogP contribution is -2.23. The minimum atomic E-state index is 0.320. The van der Waals surface area contributed by atoms with E-state index in [1.807, 2.05) is 6.07 Å². The van der Waals surface area contributed by atoms with Crippen molar-refractivity contribution in [2.75, 3.05) is 6.54 Å². The molecule has 1 heterocycles. The highest BCUT2D eigenvalue weighted by molar-refractivity contribution is 7.20. The molecule has 0 saturated carbocycles. The lowest BCUT2D eigenvalue weighted by molar-refractivity contribution is 0.332. The maximum absolute atomic E-state index is 6.26. The Morgan fingerprint density at radius 1 is 1.33 bits per heavy atom. The van der Waals surface area contributed by atoms with Crippen LogP contribution in [0.1, 0.15) is 58.6 Å². The fourth-order valence-electron chi connectivity index (χ4n) is 1.85. The van der Waals surface area contributed by atoms with E-state index in [0.717, 1.165) is 40.0 Å². The summed E-state index contributed by atoms with van der Waals surface area (Å²) in [6.45, 7) is 10.00. The van der Waals surface area contributed by atoms with Gasteiger partial charge in [-0.15, -0.1) is 11.3 Å². The first-order valence-electron chi connectivity index (χ1n) is 6.51. The molecular weight excluding hydrogens is 285 g/mol. The molecule has 0 amide bonds. The topological polar surface area (TPSA) is 12.0 Å². The highest BCUT2D eigenvalue weighted by Crippen LogP contribution is 2.37. The van der Waals surface area contributed by atoms with Gasteiger partial charge < -0.3 is 5.32 Å². The van der Waals surface area contributed by atoms with Crippen LogP contribution in [0, 0.1) is 5.41 Å². The molecule has 1 rings (SSSR count). The Hall–Kier alpha value is 0.240. The van der Waals surface area contributed by atoms with Crippen LogP contribution in [0.15, 0.2) is 6.07 Å². The molecule has 0 aliphatic rings. The number of nitrogens with one attached hydrogen (secondary N) is 1. The van der Waals surface area contributed by atoms with E-state index in [9.17, 15) is 0 Å². The molecule has 0 saturated heterocycles. The lowest BCUT2D eigenvalue weighted by Gasteiger charge is -2.24. The fraction of sp³-hybridized carbons (Fsp3) is 0.714. The van der Waals surface area contributed by atoms with Crippen molar-refractivity contribution in [1.82, 2.24) is 5.32 Å². The molecule has 0 spiro atoms. The molecule has 0 fully saturated rings. The van der Waals surface area contributed by atoms with E-state index in [1.165, 1.54) is 11.3 Å². The van der Waals surface area contributed by atoms with Crippen LogP contribution in [0.3, 0.4) is 0 Å². The second-order valence-corrected chi connectivity index (χ2v) is 8.17. The van der Waals surface area contributed by atoms with Gasteiger partial charge in [0.05, 0.1) is 8.67 Å². The van der Waals surface area contributed by atoms with Crippen molar-refractivity contribution in [2.24, 2.45) is 5.41 Å². The van der Waals surface area contributed by atoms with Gasteiger partial charge >= 0.3 is 0 Å². The van der Waals surface area contributed by atoms with Crippen molar-refractivity contribution in [3.05, 3.63) is 20.3 Å². The number of thiophene rings is 1. The molecule has 18 heavy (non-hydrogen) atoms. The second kappa shape index (κ2) is 7.14. The van der Waals surface area contributed by atoms with Gasteiger partial charge in [-0.25, -0.2) is 0 Å². The maximum atomic E-state index is 6.26. The second-order valence-electron chi connectivity index (χ2n) is 5.89. The normalized spacial score (nSPS) is 13.9. The first-order chi connectivity index (χ1) is 8.33. The maximum Gasteiger partial charge on any atom is 0.0991 e. The van der Waals surface area contributed by atoms with Gasteiger partial charge in [0.15, 0.2) is 0 Å². The molecule has 0 aliphatic carbocycles. The van der Waals surface area contributed by atoms with Crippen LogP contribution in [0.2, 0.25) is 8.67 Å². The van der Waals surface area contributed by atoms with E-state index in [-0.39, 0.29) is 0 Å². The van der Waals surface area contributed by atoms with Crippen molar-refractivity contribution in [1.29, 1.82) is 0 Å². The van der Waals surface area contributed by atoms with Crippen LogP contribution in [0.25, 0.3) is 0 Å². The highest BCUT2D eigenvalue weighted by Gasteiger charge is 2.20. The smallest absolute Gasteiger partial charge is 0.0991 e. The van der Waals surface area contributed by atoms with Crippen LogP contribution in [-0.4, -0.2) is 6.54 Å². The predicted octanol–water partition coefficient (Wildman–Crippen LogP) is 5.92. The molecule has 0 radical (unpaired) electrons. The van der Waals surface area contributed by atoms with Crippen molar-refractivity contribution >= 4 is 34.5 Å². The summed E-state index contributed by atoms with van der Waals surface area (Å²) in [5, 5.41) is 3.58. The molecule has 1 atom stereocenters. The molecule has 1 N–H and O–H groups in total. The van der Waals surface area contributed by atoms with Crippen LogP contribution in [0.4, 0.5) is 0 Å². The summed E-state index contributed by atoms with van der Waals surface area (Å²) in [7, 11) is 0. The van der Waals surface area contributed by atoms with Gasteiger partial charge in [0.25, 0.3) is 0 Å². The Bertz CT molecular complexity index is 368. The molecule has 0 aliphatic heterocycles. The average molecular weight is 308 g/mol. The zero-order valence-corrected chi connectivity index (χ0v) is 14.0. The van der Waals surface area contributed by atoms with Gasteiger partial charge in [0.2, 0.25) is 0 Å². The zero-order valence-electron chi connectivity index (χ0n) is 11.6. The Kier molecular flexibility index (Phi) is 6.46. The third-order valence-corrected chi connectivity index (χ3v) is 4.40. The predicted molar refractivity (Wildman–Crippen MR) is 84.1 cm³/mol. The number of hydrogen-bond donors (Lipinski definition) is 1. The number of hydrogen-bond acceptors (Lipinski definition) is 2. The summed E-state index contributed by atoms with van der Waals surface area (Å²) < 4.78 is 1.59. The van der Waals surface area contributed by atoms with Gasteiger partial charge in [0, 0.05) is 11.6 Å². The molecule has 0 bridgehead atoms. The van der Waals surface area contributed by atoms with Gasteiger partial charge in [-0.05, 0) is 37.3 Å². The molecule has 104 valence electrons. The quantitative estimate of drug-likeness (QED) is 0.687. The first kappa shape index (κ1) is 16.3. The Morgan fingerprint density at radius 2 is 2.00 bits per heavy atom. The minimum absolute atomic E-state index is 0.320. The number of rotatable bonds is 6. The SMILES string of the molecule is CCCNC(CCC(C)(C)C)c1cc(Cl)sc1Cl. The van der Waals surface area contributed by atoms with Gasteiger partial charge in [-0.3, -0.25) is 0 Å². The lowest BCUT2D eigenvalue weighted by atomic mass is 9.87. The largest absolute Gasteiger partial charge is 0.310 e. The summed E-state index contributed by atoms with van der Waals surface area (Å²) in [5.41, 5.74) is 1.50. The summed E-state index contributed by atoms with van der Waals surface area (Å²) in [4.78, 5) is 0. The summed E-state index contributed by atoms with van der Waals surface area (Å²) in [6.07, 6.45) is 3.38. The Balaban J connectivity index is 2.74. The molecule has 4 heteroatoms. The van der Waals surface area contributed by atoms with Crippen LogP contribution < -0.4 is 5.32 Å². The first-order valence-corrected chi connectivity index (χ1v) is 8.09. The Labute approximate surface area is 125 Å². The van der Waals surface area contributed by atoms with Crippen LogP contribution in [0.5, 0.6) is 0 Å². The fourth-order valence-corrected chi connectivity index (χ4v) is 3.43. The monoisotopic (exact) mass is 307 g/mol. The zero-order chi connectivity index (χ0) is 13.8. The van der Waals surface area contributed by atoms with E-state index in [2.05, 4.69) is 33.0 Å². The van der Waals surface area contributed by atoms with Crippen molar-refractivity contribution in [3.8, 4) is 0 Å². The van der Waals surface area contributed by atoms with E-state index in [0.29, 0.717) is 11.5 Å². The van der Waals surface area contributed by atoms with Crippen molar-refractivity contribution in [2.45, 2.75) is 53.0 Å². The summed E-state index contributed by atoms with van der Waals surface area (Å²) in [6, 6.07) is 2.32. The van der Waals surface area contributed by atoms with Crippen molar-refractivity contribution < 1.29 is 0 Å². The third kappa shape index (κ3) is 5.48. The standard InChI is InChI=1S/C14H23Cl2NS/c1-5-8-17-11(6-7-14(2,3)4)10-9-12(15)18-13(10)16/h9,11,17H,5-8H2,1-4H3. The van der Waals surface area contributed by atoms with E-state index < -0.39 is 0 Å². The molecule has 1 unspecified atom stereocenters. The third-order valence-electron chi connectivity index (χ3n) is 2.88. The van der Waals surface area contributed by atoms with E-state index in [1.54, 1.807) is 0 Å². The van der Waals surface area contributed by atoms with Gasteiger partial charge in [-0.1, -0.05) is 50.9 Å². The van der Waals surface area contributed by atoms with Gasteiger partial charge in [-0.2, -0.15) is 0 Å². The Morgan fingerprint density at radius 3 is 2.44 bits per heavy atom. The summed E-state index contributed by atoms with van der Waals surface area (Å²) in [5.74, 6) is 0. The minimum Gasteiger partial charge on any atom is -0.310 e. The summed E-state index contributed by atoms with van der Waals surface area (Å²) >= 11 is 13.8. The van der Waals surface area contributed by atoms with Gasteiger partial charge in [0.1, 0.15) is 0 Å². The number of halogens is 2. The molecule has 1 nitrogen and oxygen atoms in total. The molecular formula is C14H23Cl2NS. The van der Waals surface area contributed by atoms with Crippen LogP contribution in [-0.2, 0) is 0 Å². The molecule has 1 aromatic rings. The van der Waals surface area contributed by atoms with Crippen LogP contribution >= 0.6 is 34.5 Å².